The maximum Gasteiger partial charge on any atom is 0.407 e. The molecule has 0 saturated carbocycles. The van der Waals surface area contributed by atoms with Gasteiger partial charge in [-0.25, -0.2) is 19.6 Å². The van der Waals surface area contributed by atoms with Crippen LogP contribution in [0, 0.1) is 5.92 Å². The van der Waals surface area contributed by atoms with Crippen molar-refractivity contribution in [2.24, 2.45) is 5.92 Å². The summed E-state index contributed by atoms with van der Waals surface area (Å²) in [6, 6.07) is 17.0. The number of aromatic amines is 2. The Morgan fingerprint density at radius 1 is 0.741 bits per heavy atom. The Morgan fingerprint density at radius 2 is 1.33 bits per heavy atom. The van der Waals surface area contributed by atoms with Gasteiger partial charge >= 0.3 is 12.2 Å². The number of imidazole rings is 2. The second-order valence-electron chi connectivity index (χ2n) is 14.4. The molecule has 14 nitrogen and oxygen atoms in total. The van der Waals surface area contributed by atoms with Crippen LogP contribution >= 0.6 is 0 Å². The number of hydrogen-bond acceptors (Lipinski definition) is 8. The molecule has 4 amide bonds. The summed E-state index contributed by atoms with van der Waals surface area (Å²) in [6.45, 7) is 6.65. The minimum atomic E-state index is -0.710. The minimum absolute atomic E-state index is 0.108. The van der Waals surface area contributed by atoms with E-state index in [4.69, 9.17) is 9.72 Å². The van der Waals surface area contributed by atoms with E-state index in [1.807, 2.05) is 24.8 Å². The van der Waals surface area contributed by atoms with E-state index in [0.717, 1.165) is 81.5 Å². The van der Waals surface area contributed by atoms with E-state index >= 15 is 0 Å². The minimum Gasteiger partial charge on any atom is -0.453 e. The molecule has 2 aliphatic heterocycles. The third-order valence-corrected chi connectivity index (χ3v) is 10.6. The Morgan fingerprint density at radius 3 is 2.02 bits per heavy atom. The summed E-state index contributed by atoms with van der Waals surface area (Å²) in [6.07, 6.45) is 3.80. The molecule has 7 rings (SSSR count). The lowest BCUT2D eigenvalue weighted by molar-refractivity contribution is -0.135. The second-order valence-corrected chi connectivity index (χ2v) is 14.4. The largest absolute Gasteiger partial charge is 0.453 e. The molecule has 2 fully saturated rings. The first kappa shape index (κ1) is 36.4. The number of hydrogen-bond donors (Lipinski definition) is 4. The molecule has 2 aliphatic rings. The zero-order chi connectivity index (χ0) is 38.1. The van der Waals surface area contributed by atoms with Crippen molar-refractivity contribution in [2.45, 2.75) is 70.6 Å². The summed E-state index contributed by atoms with van der Waals surface area (Å²) in [5.74, 6) is 1.03. The highest BCUT2D eigenvalue weighted by molar-refractivity contribution is 5.92. The number of nitrogens with zero attached hydrogens (tertiary/aromatic N) is 4. The van der Waals surface area contributed by atoms with Gasteiger partial charge in [-0.1, -0.05) is 44.2 Å². The highest BCUT2D eigenvalue weighted by atomic mass is 16.5. The average Bonchev–Trinajstić information content (AvgIpc) is 4.01. The number of rotatable bonds is 9. The third kappa shape index (κ3) is 7.20. The molecule has 4 N–H and O–H groups in total. The summed E-state index contributed by atoms with van der Waals surface area (Å²) < 4.78 is 9.42. The maximum atomic E-state index is 13.6. The number of amides is 4. The number of nitrogens with one attached hydrogen (secondary N) is 4. The lowest BCUT2D eigenvalue weighted by Crippen LogP contribution is -2.51. The van der Waals surface area contributed by atoms with Crippen molar-refractivity contribution in [3.63, 3.8) is 0 Å². The highest BCUT2D eigenvalue weighted by Crippen LogP contribution is 2.35. The molecular formula is C40H46N8O6. The SMILES string of the molecule is COC(=O)N[C@@H](C)C(=O)N1CCC[C@H]1c1ncc(-c2ccc3cc(-c4ccc5nc([C@@H]6CCCN6C(=O)[C@H](NC(=O)OC)C(C)C)[nH]c5c4)ccc3c2)[nH]1. The van der Waals surface area contributed by atoms with Gasteiger partial charge in [0, 0.05) is 18.7 Å². The Balaban J connectivity index is 1.07. The second kappa shape index (κ2) is 15.2. The van der Waals surface area contributed by atoms with Crippen molar-refractivity contribution >= 4 is 45.8 Å². The van der Waals surface area contributed by atoms with Gasteiger partial charge in [-0.15, -0.1) is 0 Å². The van der Waals surface area contributed by atoms with E-state index in [-0.39, 0.29) is 29.8 Å². The van der Waals surface area contributed by atoms with Crippen LogP contribution in [0.5, 0.6) is 0 Å². The van der Waals surface area contributed by atoms with Gasteiger partial charge in [-0.3, -0.25) is 9.59 Å². The van der Waals surface area contributed by atoms with Crippen molar-refractivity contribution in [3.8, 4) is 22.4 Å². The van der Waals surface area contributed by atoms with Crippen LogP contribution in [0.3, 0.4) is 0 Å². The molecule has 0 spiro atoms. The molecule has 54 heavy (non-hydrogen) atoms. The number of likely N-dealkylation sites (tertiary alicyclic amines) is 2. The Hall–Kier alpha value is -5.92. The number of aromatic nitrogens is 4. The van der Waals surface area contributed by atoms with Gasteiger partial charge in [0.05, 0.1) is 49.2 Å². The van der Waals surface area contributed by atoms with Crippen molar-refractivity contribution in [2.75, 3.05) is 27.3 Å². The van der Waals surface area contributed by atoms with Crippen LogP contribution in [-0.4, -0.2) is 93.1 Å². The van der Waals surface area contributed by atoms with Crippen LogP contribution in [0.1, 0.15) is 70.2 Å². The number of carbonyl (C=O) groups is 4. The molecule has 2 saturated heterocycles. The number of methoxy groups -OCH3 is 2. The van der Waals surface area contributed by atoms with E-state index in [2.05, 4.69) is 78.9 Å². The predicted molar refractivity (Wildman–Crippen MR) is 203 cm³/mol. The van der Waals surface area contributed by atoms with Gasteiger partial charge in [0.2, 0.25) is 11.8 Å². The quantitative estimate of drug-likeness (QED) is 0.138. The zero-order valence-corrected chi connectivity index (χ0v) is 31.1. The molecule has 282 valence electrons. The first-order valence-electron chi connectivity index (χ1n) is 18.4. The lowest BCUT2D eigenvalue weighted by atomic mass is 9.99. The van der Waals surface area contributed by atoms with E-state index in [0.29, 0.717) is 13.1 Å². The van der Waals surface area contributed by atoms with Gasteiger partial charge < -0.3 is 39.9 Å². The van der Waals surface area contributed by atoms with Crippen molar-refractivity contribution in [3.05, 3.63) is 72.4 Å². The van der Waals surface area contributed by atoms with Gasteiger partial charge in [0.1, 0.15) is 23.7 Å². The number of fused-ring (bicyclic) bond motifs is 2. The van der Waals surface area contributed by atoms with Gasteiger partial charge in [0.15, 0.2) is 0 Å². The van der Waals surface area contributed by atoms with Crippen LogP contribution in [0.15, 0.2) is 60.8 Å². The third-order valence-electron chi connectivity index (χ3n) is 10.6. The summed E-state index contributed by atoms with van der Waals surface area (Å²) in [7, 11) is 2.56. The zero-order valence-electron chi connectivity index (χ0n) is 31.1. The number of benzene rings is 3. The van der Waals surface area contributed by atoms with Gasteiger partial charge in [-0.05, 0) is 84.7 Å². The molecule has 0 aliphatic carbocycles. The van der Waals surface area contributed by atoms with Crippen LogP contribution in [0.25, 0.3) is 44.2 Å². The molecule has 4 heterocycles. The fourth-order valence-corrected chi connectivity index (χ4v) is 7.67. The fourth-order valence-electron chi connectivity index (χ4n) is 7.67. The maximum absolute atomic E-state index is 13.6. The topological polar surface area (TPSA) is 175 Å². The summed E-state index contributed by atoms with van der Waals surface area (Å²) in [5, 5.41) is 7.43. The summed E-state index contributed by atoms with van der Waals surface area (Å²) in [4.78, 5) is 70.5. The summed E-state index contributed by atoms with van der Waals surface area (Å²) in [5.41, 5.74) is 5.65. The smallest absolute Gasteiger partial charge is 0.407 e. The van der Waals surface area contributed by atoms with E-state index in [9.17, 15) is 19.2 Å². The normalized spacial score (nSPS) is 18.3. The van der Waals surface area contributed by atoms with Gasteiger partial charge in [-0.2, -0.15) is 0 Å². The number of H-pyrrole nitrogens is 2. The number of alkyl carbamates (subject to hydrolysis) is 2. The first-order valence-corrected chi connectivity index (χ1v) is 18.4. The molecule has 14 heteroatoms. The van der Waals surface area contributed by atoms with Crippen LogP contribution in [0.2, 0.25) is 0 Å². The molecule has 0 radical (unpaired) electrons. The Kier molecular flexibility index (Phi) is 10.3. The van der Waals surface area contributed by atoms with Crippen LogP contribution in [0.4, 0.5) is 9.59 Å². The molecule has 0 bridgehead atoms. The molecule has 3 aromatic carbocycles. The number of carbonyl (C=O) groups excluding carboxylic acids is 4. The Bertz CT molecular complexity index is 2210. The molecular weight excluding hydrogens is 688 g/mol. The summed E-state index contributed by atoms with van der Waals surface area (Å²) >= 11 is 0. The van der Waals surface area contributed by atoms with Crippen molar-refractivity contribution in [1.82, 2.24) is 40.4 Å². The molecule has 5 aromatic rings. The monoisotopic (exact) mass is 734 g/mol. The van der Waals surface area contributed by atoms with E-state index < -0.39 is 24.3 Å². The van der Waals surface area contributed by atoms with E-state index in [1.165, 1.54) is 14.2 Å². The number of ether oxygens (including phenoxy) is 2. The molecule has 0 unspecified atom stereocenters. The molecule has 4 atom stereocenters. The van der Waals surface area contributed by atoms with Crippen molar-refractivity contribution in [1.29, 1.82) is 0 Å². The predicted octanol–water partition coefficient (Wildman–Crippen LogP) is 6.23. The Labute approximate surface area is 313 Å². The molecule has 2 aromatic heterocycles. The van der Waals surface area contributed by atoms with Crippen LogP contribution in [-0.2, 0) is 19.1 Å². The van der Waals surface area contributed by atoms with Gasteiger partial charge in [0.25, 0.3) is 0 Å². The van der Waals surface area contributed by atoms with Crippen molar-refractivity contribution < 1.29 is 28.7 Å². The fraction of sp³-hybridized carbons (Fsp3) is 0.400. The standard InChI is InChI=1S/C40H46N8O6/c1-22(2)34(46-40(52)54-5)38(50)48-17-7-9-33(48)36-43-29-15-14-27(20-30(29)44-36)25-10-11-26-19-28(13-12-24(26)18-25)31-21-41-35(45-31)32-8-6-16-47(32)37(49)23(3)42-39(51)53-4/h10-15,18-23,32-34H,6-9,16-17H2,1-5H3,(H,41,45)(H,42,51)(H,43,44)(H,46,52)/t23-,32-,33-,34+/m0/s1. The lowest BCUT2D eigenvalue weighted by Gasteiger charge is -2.29. The highest BCUT2D eigenvalue weighted by Gasteiger charge is 2.38. The van der Waals surface area contributed by atoms with E-state index in [1.54, 1.807) is 18.0 Å². The van der Waals surface area contributed by atoms with Crippen LogP contribution < -0.4 is 10.6 Å². The average molecular weight is 735 g/mol. The first-order chi connectivity index (χ1) is 26.0.